The van der Waals surface area contributed by atoms with Gasteiger partial charge in [-0.1, -0.05) is 13.8 Å². The minimum absolute atomic E-state index is 0.0417. The molecule has 0 saturated carbocycles. The number of H-pyrrole nitrogens is 1. The molecule has 0 aliphatic heterocycles. The van der Waals surface area contributed by atoms with Crippen LogP contribution in [-0.4, -0.2) is 34.9 Å². The molecule has 0 unspecified atom stereocenters. The zero-order valence-electron chi connectivity index (χ0n) is 12.7. The molecule has 1 aromatic rings. The summed E-state index contributed by atoms with van der Waals surface area (Å²) in [4.78, 5) is 36.1. The van der Waals surface area contributed by atoms with Crippen LogP contribution in [0.4, 0.5) is 0 Å². The summed E-state index contributed by atoms with van der Waals surface area (Å²) in [6.07, 6.45) is 2.47. The number of amides is 1. The summed E-state index contributed by atoms with van der Waals surface area (Å²) in [6.45, 7) is 6.05. The summed E-state index contributed by atoms with van der Waals surface area (Å²) < 4.78 is 4.62. The van der Waals surface area contributed by atoms with Crippen molar-refractivity contribution in [1.29, 1.82) is 0 Å². The lowest BCUT2D eigenvalue weighted by atomic mass is 10.2. The van der Waals surface area contributed by atoms with Crippen LogP contribution in [0.15, 0.2) is 18.0 Å². The van der Waals surface area contributed by atoms with Crippen molar-refractivity contribution < 1.29 is 19.2 Å². The number of nitrogens with one attached hydrogen (secondary N) is 2. The normalized spacial score (nSPS) is 11.4. The quantitative estimate of drug-likeness (QED) is 0.343. The molecule has 120 valence electrons. The molecular weight excluding hydrogens is 290 g/mol. The molecular formula is C14H19N3O5. The highest BCUT2D eigenvalue weighted by Gasteiger charge is 2.23. The van der Waals surface area contributed by atoms with Crippen LogP contribution >= 0.6 is 0 Å². The van der Waals surface area contributed by atoms with Crippen molar-refractivity contribution in [2.75, 3.05) is 13.2 Å². The number of rotatable bonds is 7. The summed E-state index contributed by atoms with van der Waals surface area (Å²) >= 11 is 0. The van der Waals surface area contributed by atoms with Crippen molar-refractivity contribution in [3.63, 3.8) is 0 Å². The van der Waals surface area contributed by atoms with Gasteiger partial charge in [0.15, 0.2) is 0 Å². The van der Waals surface area contributed by atoms with Gasteiger partial charge in [0.1, 0.15) is 5.69 Å². The van der Waals surface area contributed by atoms with E-state index in [0.717, 1.165) is 6.08 Å². The van der Waals surface area contributed by atoms with Gasteiger partial charge in [-0.15, -0.1) is 0 Å². The van der Waals surface area contributed by atoms with Gasteiger partial charge in [-0.3, -0.25) is 14.9 Å². The largest absolute Gasteiger partial charge is 0.458 e. The van der Waals surface area contributed by atoms with Gasteiger partial charge < -0.3 is 15.0 Å². The van der Waals surface area contributed by atoms with Gasteiger partial charge in [-0.05, 0) is 24.5 Å². The van der Waals surface area contributed by atoms with E-state index in [4.69, 9.17) is 0 Å². The monoisotopic (exact) mass is 309 g/mol. The molecule has 1 amide bonds. The molecule has 0 atom stereocenters. The van der Waals surface area contributed by atoms with Crippen molar-refractivity contribution in [1.82, 2.24) is 10.3 Å². The minimum atomic E-state index is -1.01. The summed E-state index contributed by atoms with van der Waals surface area (Å²) in [5.41, 5.74) is -0.0807. The number of nitro groups is 1. The Labute approximate surface area is 127 Å². The van der Waals surface area contributed by atoms with E-state index in [1.807, 2.05) is 13.8 Å². The fourth-order valence-corrected chi connectivity index (χ4v) is 1.57. The van der Waals surface area contributed by atoms with E-state index in [1.165, 1.54) is 12.3 Å². The Morgan fingerprint density at radius 1 is 1.50 bits per heavy atom. The van der Waals surface area contributed by atoms with Crippen molar-refractivity contribution in [2.45, 2.75) is 20.8 Å². The highest BCUT2D eigenvalue weighted by atomic mass is 16.6. The fraction of sp³-hybridized carbons (Fsp3) is 0.429. The van der Waals surface area contributed by atoms with Crippen molar-refractivity contribution >= 4 is 18.0 Å². The van der Waals surface area contributed by atoms with Gasteiger partial charge in [0.05, 0.1) is 11.5 Å². The van der Waals surface area contributed by atoms with Crippen LogP contribution in [0.2, 0.25) is 0 Å². The third-order valence-corrected chi connectivity index (χ3v) is 2.61. The van der Waals surface area contributed by atoms with Crippen LogP contribution in [0, 0.1) is 16.0 Å². The molecule has 0 fully saturated rings. The van der Waals surface area contributed by atoms with E-state index < -0.39 is 16.6 Å². The molecule has 1 aromatic heterocycles. The van der Waals surface area contributed by atoms with Crippen LogP contribution < -0.4 is 5.32 Å². The smallest absolute Gasteiger partial charge is 0.409 e. The summed E-state index contributed by atoms with van der Waals surface area (Å²) in [5.74, 6) is -1.02. The number of carbonyl (C=O) groups is 2. The summed E-state index contributed by atoms with van der Waals surface area (Å²) in [5, 5.41) is 13.6. The first kappa shape index (κ1) is 17.4. The number of aromatic nitrogens is 1. The first-order valence-corrected chi connectivity index (χ1v) is 6.85. The first-order chi connectivity index (χ1) is 10.3. The third kappa shape index (κ3) is 5.04. The van der Waals surface area contributed by atoms with Crippen LogP contribution in [0.5, 0.6) is 0 Å². The molecule has 1 rings (SSSR count). The van der Waals surface area contributed by atoms with Crippen molar-refractivity contribution in [2.24, 2.45) is 5.92 Å². The Kier molecular flexibility index (Phi) is 6.30. The van der Waals surface area contributed by atoms with Gasteiger partial charge in [-0.25, -0.2) is 4.79 Å². The Balaban J connectivity index is 2.89. The second-order valence-corrected chi connectivity index (χ2v) is 4.96. The average Bonchev–Trinajstić information content (AvgIpc) is 2.90. The van der Waals surface area contributed by atoms with E-state index >= 15 is 0 Å². The average molecular weight is 309 g/mol. The van der Waals surface area contributed by atoms with Gasteiger partial charge in [0.25, 0.3) is 5.91 Å². The predicted molar refractivity (Wildman–Crippen MR) is 79.6 cm³/mol. The lowest BCUT2D eigenvalue weighted by Gasteiger charge is -2.05. The maximum atomic E-state index is 11.8. The Morgan fingerprint density at radius 2 is 2.18 bits per heavy atom. The van der Waals surface area contributed by atoms with E-state index in [9.17, 15) is 19.7 Å². The number of carbonyl (C=O) groups excluding carboxylic acids is 2. The van der Waals surface area contributed by atoms with Gasteiger partial charge in [-0.2, -0.15) is 0 Å². The van der Waals surface area contributed by atoms with E-state index in [2.05, 4.69) is 15.0 Å². The molecule has 0 aromatic carbocycles. The zero-order valence-corrected chi connectivity index (χ0v) is 12.7. The Morgan fingerprint density at radius 3 is 2.73 bits per heavy atom. The van der Waals surface area contributed by atoms with Gasteiger partial charge in [0, 0.05) is 18.8 Å². The highest BCUT2D eigenvalue weighted by molar-refractivity contribution is 5.94. The first-order valence-electron chi connectivity index (χ1n) is 6.85. The molecule has 0 aliphatic rings. The molecule has 22 heavy (non-hydrogen) atoms. The Hall–Kier alpha value is -2.64. The number of nitrogens with zero attached hydrogens (tertiary/aromatic N) is 1. The summed E-state index contributed by atoms with van der Waals surface area (Å²) in [7, 11) is 0. The third-order valence-electron chi connectivity index (χ3n) is 2.61. The topological polar surface area (TPSA) is 114 Å². The lowest BCUT2D eigenvalue weighted by Crippen LogP contribution is -2.27. The molecule has 0 spiro atoms. The molecule has 8 heteroatoms. The van der Waals surface area contributed by atoms with Crippen LogP contribution in [-0.2, 0) is 9.53 Å². The van der Waals surface area contributed by atoms with Gasteiger partial charge >= 0.3 is 11.7 Å². The minimum Gasteiger partial charge on any atom is -0.458 e. The Bertz CT molecular complexity index is 589. The maximum absolute atomic E-state index is 11.8. The van der Waals surface area contributed by atoms with Crippen LogP contribution in [0.3, 0.4) is 0 Å². The SMILES string of the molecule is CCOC(=O)/C(=C/c1c[nH]c(C(=O)NCC(C)C)c1)[N+](=O)[O-]. The molecule has 2 N–H and O–H groups in total. The highest BCUT2D eigenvalue weighted by Crippen LogP contribution is 2.11. The number of hydrogen-bond acceptors (Lipinski definition) is 5. The second-order valence-electron chi connectivity index (χ2n) is 4.96. The van der Waals surface area contributed by atoms with Crippen LogP contribution in [0.1, 0.15) is 36.8 Å². The summed E-state index contributed by atoms with van der Waals surface area (Å²) in [6, 6.07) is 1.43. The molecule has 1 heterocycles. The second kappa shape index (κ2) is 7.96. The molecule has 0 radical (unpaired) electrons. The van der Waals surface area contributed by atoms with Crippen LogP contribution in [0.25, 0.3) is 6.08 Å². The van der Waals surface area contributed by atoms with Crippen molar-refractivity contribution in [3.05, 3.63) is 39.3 Å². The number of ether oxygens (including phenoxy) is 1. The van der Waals surface area contributed by atoms with Crippen molar-refractivity contribution in [3.8, 4) is 0 Å². The lowest BCUT2D eigenvalue weighted by molar-refractivity contribution is -0.419. The van der Waals surface area contributed by atoms with Gasteiger partial charge in [0.2, 0.25) is 0 Å². The van der Waals surface area contributed by atoms with E-state index in [1.54, 1.807) is 6.92 Å². The molecule has 0 saturated heterocycles. The zero-order chi connectivity index (χ0) is 16.7. The number of aromatic amines is 1. The predicted octanol–water partition coefficient (Wildman–Crippen LogP) is 1.58. The standard InChI is InChI=1S/C14H19N3O5/c1-4-22-14(19)12(17(20)21)6-10-5-11(15-8-10)13(18)16-7-9(2)3/h5-6,8-9,15H,4,7H2,1-3H3,(H,16,18)/b12-6-. The molecule has 0 aliphatic carbocycles. The number of esters is 1. The number of hydrogen-bond donors (Lipinski definition) is 2. The maximum Gasteiger partial charge on any atom is 0.409 e. The molecule has 8 nitrogen and oxygen atoms in total. The fourth-order valence-electron chi connectivity index (χ4n) is 1.57. The van der Waals surface area contributed by atoms with E-state index in [0.29, 0.717) is 18.0 Å². The molecule has 0 bridgehead atoms. The van der Waals surface area contributed by atoms with E-state index in [-0.39, 0.29) is 18.2 Å².